The molecule has 0 aromatic heterocycles. The second-order valence-electron chi connectivity index (χ2n) is 3.92. The van der Waals surface area contributed by atoms with E-state index in [-0.39, 0.29) is 17.5 Å². The minimum atomic E-state index is -1.04. The second-order valence-corrected chi connectivity index (χ2v) is 3.92. The average Bonchev–Trinajstić information content (AvgIpc) is 2.34. The number of benzene rings is 2. The van der Waals surface area contributed by atoms with Gasteiger partial charge in [0.1, 0.15) is 11.6 Å². The van der Waals surface area contributed by atoms with Crippen molar-refractivity contribution in [1.29, 1.82) is 0 Å². The summed E-state index contributed by atoms with van der Waals surface area (Å²) in [5, 5.41) is 8.84. The lowest BCUT2D eigenvalue weighted by molar-refractivity contribution is 0.0697. The van der Waals surface area contributed by atoms with Crippen LogP contribution in [0.2, 0.25) is 0 Å². The van der Waals surface area contributed by atoms with E-state index in [1.54, 1.807) is 12.1 Å². The smallest absolute Gasteiger partial charge is 0.335 e. The summed E-state index contributed by atoms with van der Waals surface area (Å²) >= 11 is 0. The van der Waals surface area contributed by atoms with Crippen molar-refractivity contribution in [2.75, 3.05) is 0 Å². The molecule has 0 unspecified atom stereocenters. The van der Waals surface area contributed by atoms with Crippen molar-refractivity contribution in [3.8, 4) is 0 Å². The summed E-state index contributed by atoms with van der Waals surface area (Å²) in [4.78, 5) is 10.8. The summed E-state index contributed by atoms with van der Waals surface area (Å²) in [6.45, 7) is 0. The van der Waals surface area contributed by atoms with E-state index in [2.05, 4.69) is 0 Å². The van der Waals surface area contributed by atoms with Crippen molar-refractivity contribution in [3.05, 3.63) is 70.8 Å². The molecule has 0 aliphatic rings. The first kappa shape index (κ1) is 12.2. The molecule has 2 aromatic carbocycles. The lowest BCUT2D eigenvalue weighted by Gasteiger charge is -2.05. The van der Waals surface area contributed by atoms with Crippen LogP contribution in [-0.4, -0.2) is 11.1 Å². The predicted octanol–water partition coefficient (Wildman–Crippen LogP) is 3.25. The first-order valence-electron chi connectivity index (χ1n) is 5.32. The molecule has 18 heavy (non-hydrogen) atoms. The first-order chi connectivity index (χ1) is 8.56. The minimum absolute atomic E-state index is 0.129. The number of carboxylic acid groups (broad SMARTS) is 1. The van der Waals surface area contributed by atoms with Crippen molar-refractivity contribution < 1.29 is 18.7 Å². The van der Waals surface area contributed by atoms with Crippen LogP contribution in [0, 0.1) is 11.6 Å². The first-order valence-corrected chi connectivity index (χ1v) is 5.32. The molecule has 0 amide bonds. The van der Waals surface area contributed by atoms with Crippen molar-refractivity contribution in [2.24, 2.45) is 0 Å². The van der Waals surface area contributed by atoms with Gasteiger partial charge in [0.25, 0.3) is 0 Å². The van der Waals surface area contributed by atoms with Crippen LogP contribution < -0.4 is 0 Å². The van der Waals surface area contributed by atoms with E-state index in [0.717, 1.165) is 18.2 Å². The van der Waals surface area contributed by atoms with Crippen LogP contribution in [0.15, 0.2) is 42.5 Å². The maximum Gasteiger partial charge on any atom is 0.335 e. The summed E-state index contributed by atoms with van der Waals surface area (Å²) in [5.41, 5.74) is 0.959. The lowest BCUT2D eigenvalue weighted by Crippen LogP contribution is -1.99. The van der Waals surface area contributed by atoms with E-state index in [0.29, 0.717) is 5.56 Å². The van der Waals surface area contributed by atoms with E-state index in [9.17, 15) is 13.6 Å². The molecule has 0 radical (unpaired) electrons. The van der Waals surface area contributed by atoms with Crippen molar-refractivity contribution in [1.82, 2.24) is 0 Å². The maximum absolute atomic E-state index is 13.4. The monoisotopic (exact) mass is 248 g/mol. The zero-order valence-electron chi connectivity index (χ0n) is 9.36. The molecule has 4 heteroatoms. The Morgan fingerprint density at radius 2 is 1.89 bits per heavy atom. The van der Waals surface area contributed by atoms with E-state index < -0.39 is 17.6 Å². The van der Waals surface area contributed by atoms with Crippen molar-refractivity contribution in [2.45, 2.75) is 6.42 Å². The molecule has 0 aliphatic carbocycles. The van der Waals surface area contributed by atoms with Gasteiger partial charge in [-0.2, -0.15) is 0 Å². The third kappa shape index (κ3) is 2.71. The van der Waals surface area contributed by atoms with Gasteiger partial charge in [0.05, 0.1) is 5.56 Å². The predicted molar refractivity (Wildman–Crippen MR) is 62.6 cm³/mol. The average molecular weight is 248 g/mol. The third-order valence-corrected chi connectivity index (χ3v) is 2.58. The molecule has 0 spiro atoms. The number of carboxylic acids is 1. The highest BCUT2D eigenvalue weighted by Crippen LogP contribution is 2.16. The molecule has 2 nitrogen and oxygen atoms in total. The van der Waals surface area contributed by atoms with Gasteiger partial charge in [-0.25, -0.2) is 13.6 Å². The van der Waals surface area contributed by atoms with Gasteiger partial charge in [-0.15, -0.1) is 0 Å². The van der Waals surface area contributed by atoms with Crippen molar-refractivity contribution >= 4 is 5.97 Å². The Balaban J connectivity index is 2.31. The van der Waals surface area contributed by atoms with Crippen LogP contribution in [0.5, 0.6) is 0 Å². The normalized spacial score (nSPS) is 10.3. The molecule has 0 heterocycles. The quantitative estimate of drug-likeness (QED) is 0.905. The van der Waals surface area contributed by atoms with Gasteiger partial charge in [0.2, 0.25) is 0 Å². The molecule has 2 aromatic rings. The Morgan fingerprint density at radius 1 is 1.11 bits per heavy atom. The number of hydrogen-bond donors (Lipinski definition) is 1. The fourth-order valence-corrected chi connectivity index (χ4v) is 1.71. The third-order valence-electron chi connectivity index (χ3n) is 2.58. The highest BCUT2D eigenvalue weighted by atomic mass is 19.1. The SMILES string of the molecule is O=C(O)c1cccc(Cc2cc(F)ccc2F)c1. The number of rotatable bonds is 3. The zero-order valence-corrected chi connectivity index (χ0v) is 9.36. The van der Waals surface area contributed by atoms with Gasteiger partial charge in [-0.05, 0) is 41.5 Å². The second kappa shape index (κ2) is 4.96. The highest BCUT2D eigenvalue weighted by Gasteiger charge is 2.07. The van der Waals surface area contributed by atoms with E-state index >= 15 is 0 Å². The van der Waals surface area contributed by atoms with Crippen LogP contribution in [0.25, 0.3) is 0 Å². The number of halogens is 2. The van der Waals surface area contributed by atoms with Crippen LogP contribution in [0.1, 0.15) is 21.5 Å². The van der Waals surface area contributed by atoms with E-state index in [1.165, 1.54) is 12.1 Å². The topological polar surface area (TPSA) is 37.3 Å². The Bertz CT molecular complexity index is 594. The Morgan fingerprint density at radius 3 is 2.61 bits per heavy atom. The Kier molecular flexibility index (Phi) is 3.37. The van der Waals surface area contributed by atoms with Gasteiger partial charge in [-0.1, -0.05) is 12.1 Å². The van der Waals surface area contributed by atoms with Gasteiger partial charge in [-0.3, -0.25) is 0 Å². The van der Waals surface area contributed by atoms with Crippen LogP contribution in [0.4, 0.5) is 8.78 Å². The summed E-state index contributed by atoms with van der Waals surface area (Å²) in [7, 11) is 0. The van der Waals surface area contributed by atoms with E-state index in [1.807, 2.05) is 0 Å². The molecule has 0 fully saturated rings. The summed E-state index contributed by atoms with van der Waals surface area (Å²) in [6, 6.07) is 9.38. The number of hydrogen-bond acceptors (Lipinski definition) is 1. The van der Waals surface area contributed by atoms with Crippen LogP contribution >= 0.6 is 0 Å². The zero-order chi connectivity index (χ0) is 13.1. The molecule has 1 N–H and O–H groups in total. The molecular weight excluding hydrogens is 238 g/mol. The van der Waals surface area contributed by atoms with Crippen molar-refractivity contribution in [3.63, 3.8) is 0 Å². The Hall–Kier alpha value is -2.23. The number of carbonyl (C=O) groups is 1. The molecule has 0 saturated heterocycles. The molecule has 0 aliphatic heterocycles. The fourth-order valence-electron chi connectivity index (χ4n) is 1.71. The van der Waals surface area contributed by atoms with Crippen LogP contribution in [0.3, 0.4) is 0 Å². The number of aromatic carboxylic acids is 1. The van der Waals surface area contributed by atoms with Gasteiger partial charge < -0.3 is 5.11 Å². The molecule has 92 valence electrons. The molecule has 0 bridgehead atoms. The van der Waals surface area contributed by atoms with Crippen LogP contribution in [-0.2, 0) is 6.42 Å². The molecule has 2 rings (SSSR count). The summed E-state index contributed by atoms with van der Waals surface area (Å²) in [6.07, 6.45) is 0.157. The summed E-state index contributed by atoms with van der Waals surface area (Å²) < 4.78 is 26.4. The lowest BCUT2D eigenvalue weighted by atomic mass is 10.0. The molecular formula is C14H10F2O2. The van der Waals surface area contributed by atoms with Gasteiger partial charge in [0.15, 0.2) is 0 Å². The standard InChI is InChI=1S/C14H10F2O2/c15-12-4-5-13(16)11(8-12)7-9-2-1-3-10(6-9)14(17)18/h1-6,8H,7H2,(H,17,18). The molecule has 0 atom stereocenters. The van der Waals surface area contributed by atoms with E-state index in [4.69, 9.17) is 5.11 Å². The minimum Gasteiger partial charge on any atom is -0.478 e. The van der Waals surface area contributed by atoms with Gasteiger partial charge >= 0.3 is 5.97 Å². The fraction of sp³-hybridized carbons (Fsp3) is 0.0714. The Labute approximate surface area is 103 Å². The largest absolute Gasteiger partial charge is 0.478 e. The van der Waals surface area contributed by atoms with Gasteiger partial charge in [0, 0.05) is 6.42 Å². The highest BCUT2D eigenvalue weighted by molar-refractivity contribution is 5.87. The molecule has 0 saturated carbocycles. The summed E-state index contributed by atoms with van der Waals surface area (Å²) in [5.74, 6) is -2.06. The maximum atomic E-state index is 13.4.